The molecule has 0 aliphatic heterocycles. The maximum atomic E-state index is 12.5. The first-order valence-electron chi connectivity index (χ1n) is 4.93. The van der Waals surface area contributed by atoms with Crippen molar-refractivity contribution in [3.05, 3.63) is 54.1 Å². The summed E-state index contributed by atoms with van der Waals surface area (Å²) in [5.41, 5.74) is 0.624. The van der Waals surface area contributed by atoms with Gasteiger partial charge in [-0.2, -0.15) is 13.2 Å². The fraction of sp³-hybridized carbons (Fsp3) is 0.0769. The van der Waals surface area contributed by atoms with Crippen LogP contribution in [0.4, 0.5) is 13.2 Å². The maximum absolute atomic E-state index is 12.5. The molecule has 2 aromatic rings. The van der Waals surface area contributed by atoms with Crippen LogP contribution in [0.3, 0.4) is 0 Å². The van der Waals surface area contributed by atoms with Crippen LogP contribution in [0.15, 0.2) is 53.4 Å². The smallest absolute Gasteiger partial charge is 0.166 e. The molecule has 0 nitrogen and oxygen atoms in total. The number of rotatable bonds is 1. The molecule has 17 heavy (non-hydrogen) atoms. The molecule has 0 N–H and O–H groups in total. The highest BCUT2D eigenvalue weighted by Gasteiger charge is 2.30. The van der Waals surface area contributed by atoms with Gasteiger partial charge in [0.1, 0.15) is 0 Å². The Labute approximate surface area is 103 Å². The van der Waals surface area contributed by atoms with Crippen molar-refractivity contribution in [2.24, 2.45) is 0 Å². The second kappa shape index (κ2) is 4.45. The molecule has 0 aliphatic carbocycles. The van der Waals surface area contributed by atoms with Gasteiger partial charge < -0.3 is 0 Å². The third kappa shape index (κ3) is 2.82. The van der Waals surface area contributed by atoms with Gasteiger partial charge in [-0.1, -0.05) is 24.3 Å². The molecule has 0 amide bonds. The Balaban J connectivity index is 2.47. The van der Waals surface area contributed by atoms with Crippen LogP contribution in [-0.4, -0.2) is 0 Å². The highest BCUT2D eigenvalue weighted by molar-refractivity contribution is 7.80. The SMILES string of the molecule is FC(F)(F)c1cccc(-c2cccc(S)c2)c1. The molecule has 0 heterocycles. The van der Waals surface area contributed by atoms with Gasteiger partial charge in [0.2, 0.25) is 0 Å². The number of hydrogen-bond acceptors (Lipinski definition) is 1. The molecule has 2 rings (SSSR count). The van der Waals surface area contributed by atoms with Crippen molar-refractivity contribution in [1.29, 1.82) is 0 Å². The summed E-state index contributed by atoms with van der Waals surface area (Å²) in [5, 5.41) is 0. The minimum Gasteiger partial charge on any atom is -0.166 e. The van der Waals surface area contributed by atoms with Crippen molar-refractivity contribution in [1.82, 2.24) is 0 Å². The van der Waals surface area contributed by atoms with Gasteiger partial charge in [0, 0.05) is 4.90 Å². The van der Waals surface area contributed by atoms with E-state index in [-0.39, 0.29) is 0 Å². The average molecular weight is 254 g/mol. The molecule has 0 saturated heterocycles. The van der Waals surface area contributed by atoms with Gasteiger partial charge in [-0.15, -0.1) is 12.6 Å². The zero-order chi connectivity index (χ0) is 12.5. The highest BCUT2D eigenvalue weighted by atomic mass is 32.1. The molecule has 0 saturated carbocycles. The van der Waals surface area contributed by atoms with Crippen molar-refractivity contribution in [3.8, 4) is 11.1 Å². The fourth-order valence-corrected chi connectivity index (χ4v) is 1.79. The van der Waals surface area contributed by atoms with Crippen molar-refractivity contribution in [2.75, 3.05) is 0 Å². The van der Waals surface area contributed by atoms with E-state index in [4.69, 9.17) is 0 Å². The van der Waals surface area contributed by atoms with Gasteiger partial charge in [0.25, 0.3) is 0 Å². The van der Waals surface area contributed by atoms with E-state index in [1.165, 1.54) is 6.07 Å². The molecule has 0 unspecified atom stereocenters. The number of hydrogen-bond donors (Lipinski definition) is 1. The van der Waals surface area contributed by atoms with Crippen LogP contribution >= 0.6 is 12.6 Å². The molecule has 0 aromatic heterocycles. The van der Waals surface area contributed by atoms with Gasteiger partial charge in [-0.3, -0.25) is 0 Å². The van der Waals surface area contributed by atoms with E-state index in [2.05, 4.69) is 12.6 Å². The maximum Gasteiger partial charge on any atom is 0.416 e. The van der Waals surface area contributed by atoms with Crippen molar-refractivity contribution in [3.63, 3.8) is 0 Å². The lowest BCUT2D eigenvalue weighted by Gasteiger charge is -2.09. The van der Waals surface area contributed by atoms with Crippen LogP contribution in [0.1, 0.15) is 5.56 Å². The molecule has 0 spiro atoms. The Morgan fingerprint density at radius 3 is 2.00 bits per heavy atom. The number of alkyl halides is 3. The predicted molar refractivity (Wildman–Crippen MR) is 64.1 cm³/mol. The summed E-state index contributed by atoms with van der Waals surface area (Å²) in [6, 6.07) is 12.3. The van der Waals surface area contributed by atoms with E-state index in [9.17, 15) is 13.2 Å². The molecule has 2 aromatic carbocycles. The summed E-state index contributed by atoms with van der Waals surface area (Å²) in [5.74, 6) is 0. The summed E-state index contributed by atoms with van der Waals surface area (Å²) in [6.45, 7) is 0. The van der Waals surface area contributed by atoms with Crippen molar-refractivity contribution in [2.45, 2.75) is 11.1 Å². The lowest BCUT2D eigenvalue weighted by atomic mass is 10.0. The molecule has 88 valence electrons. The van der Waals surface area contributed by atoms with Crippen LogP contribution in [0, 0.1) is 0 Å². The molecule has 0 atom stereocenters. The first-order valence-corrected chi connectivity index (χ1v) is 5.38. The molecular weight excluding hydrogens is 245 g/mol. The summed E-state index contributed by atoms with van der Waals surface area (Å²) in [6.07, 6.45) is -4.31. The molecule has 4 heteroatoms. The van der Waals surface area contributed by atoms with Crippen LogP contribution in [0.25, 0.3) is 11.1 Å². The van der Waals surface area contributed by atoms with E-state index in [0.29, 0.717) is 5.56 Å². The zero-order valence-electron chi connectivity index (χ0n) is 8.70. The number of halogens is 3. The van der Waals surface area contributed by atoms with Crippen molar-refractivity contribution >= 4 is 12.6 Å². The van der Waals surface area contributed by atoms with Gasteiger partial charge in [0.05, 0.1) is 5.56 Å². The lowest BCUT2D eigenvalue weighted by molar-refractivity contribution is -0.137. The molecule has 0 fully saturated rings. The number of benzene rings is 2. The van der Waals surface area contributed by atoms with Gasteiger partial charge in [-0.25, -0.2) is 0 Å². The second-order valence-electron chi connectivity index (χ2n) is 3.63. The number of thiol groups is 1. The van der Waals surface area contributed by atoms with Crippen LogP contribution in [-0.2, 0) is 6.18 Å². The summed E-state index contributed by atoms with van der Waals surface area (Å²) in [4.78, 5) is 0.722. The average Bonchev–Trinajstić information content (AvgIpc) is 2.28. The summed E-state index contributed by atoms with van der Waals surface area (Å²) < 4.78 is 37.6. The lowest BCUT2D eigenvalue weighted by Crippen LogP contribution is -2.04. The second-order valence-corrected chi connectivity index (χ2v) is 4.15. The van der Waals surface area contributed by atoms with Gasteiger partial charge >= 0.3 is 6.18 Å². The third-order valence-electron chi connectivity index (χ3n) is 2.37. The zero-order valence-corrected chi connectivity index (χ0v) is 9.59. The van der Waals surface area contributed by atoms with Gasteiger partial charge in [0.15, 0.2) is 0 Å². The Kier molecular flexibility index (Phi) is 3.15. The van der Waals surface area contributed by atoms with Gasteiger partial charge in [-0.05, 0) is 35.4 Å². The van der Waals surface area contributed by atoms with Crippen LogP contribution in [0.5, 0.6) is 0 Å². The Bertz CT molecular complexity index is 532. The monoisotopic (exact) mass is 254 g/mol. The Morgan fingerprint density at radius 2 is 1.41 bits per heavy atom. The minimum atomic E-state index is -4.31. The highest BCUT2D eigenvalue weighted by Crippen LogP contribution is 2.32. The third-order valence-corrected chi connectivity index (χ3v) is 2.65. The molecular formula is C13H9F3S. The first-order chi connectivity index (χ1) is 7.97. The van der Waals surface area contributed by atoms with Crippen LogP contribution in [0.2, 0.25) is 0 Å². The Hall–Kier alpha value is -1.42. The van der Waals surface area contributed by atoms with E-state index in [1.54, 1.807) is 30.3 Å². The quantitative estimate of drug-likeness (QED) is 0.703. The van der Waals surface area contributed by atoms with E-state index in [0.717, 1.165) is 22.6 Å². The largest absolute Gasteiger partial charge is 0.416 e. The topological polar surface area (TPSA) is 0 Å². The standard InChI is InChI=1S/C13H9F3S/c14-13(15,16)11-5-1-3-9(7-11)10-4-2-6-12(17)8-10/h1-8,17H. The summed E-state index contributed by atoms with van der Waals surface area (Å²) >= 11 is 4.16. The predicted octanol–water partition coefficient (Wildman–Crippen LogP) is 4.66. The Morgan fingerprint density at radius 1 is 0.824 bits per heavy atom. The minimum absolute atomic E-state index is 0.538. The molecule has 0 bridgehead atoms. The molecule has 0 radical (unpaired) electrons. The fourth-order valence-electron chi connectivity index (χ4n) is 1.56. The normalized spacial score (nSPS) is 11.5. The van der Waals surface area contributed by atoms with E-state index < -0.39 is 11.7 Å². The van der Waals surface area contributed by atoms with E-state index in [1.807, 2.05) is 0 Å². The van der Waals surface area contributed by atoms with E-state index >= 15 is 0 Å². The molecule has 0 aliphatic rings. The van der Waals surface area contributed by atoms with Crippen LogP contribution < -0.4 is 0 Å². The summed E-state index contributed by atoms with van der Waals surface area (Å²) in [7, 11) is 0. The first kappa shape index (κ1) is 12.0. The van der Waals surface area contributed by atoms with Crippen molar-refractivity contribution < 1.29 is 13.2 Å².